The molecule has 15 nitrogen and oxygen atoms in total. The fourth-order valence-corrected chi connectivity index (χ4v) is 3.89. The number of nitrogens with zero attached hydrogens (tertiary/aromatic N) is 1. The lowest BCUT2D eigenvalue weighted by atomic mass is 10.0. The predicted molar refractivity (Wildman–Crippen MR) is 145 cm³/mol. The van der Waals surface area contributed by atoms with Crippen LogP contribution in [0, 0.1) is 0 Å². The number of carbonyl (C=O) groups excluding carboxylic acids is 3. The van der Waals surface area contributed by atoms with E-state index in [-0.39, 0.29) is 25.0 Å². The average molecular weight is 576 g/mol. The number of amides is 3. The van der Waals surface area contributed by atoms with Gasteiger partial charge in [-0.05, 0) is 43.5 Å². The minimum Gasteiger partial charge on any atom is -0.508 e. The summed E-state index contributed by atoms with van der Waals surface area (Å²) in [4.78, 5) is 68.9. The standard InChI is InChI=1S/C26H37N7O8/c27-10-2-1-3-18(28)23(37)31-19(8-9-22(35)36)24(38)32-20(12-16-13-29-14-30-16)25(39)33-21(26(40)41)11-15-4-6-17(34)7-5-15/h4-7,13-14,18-21,34H,1-3,8-12,27-28H2,(H,29,30)(H,31,37)(H,32,38)(H,33,39)(H,35,36)(H,40,41). The van der Waals surface area contributed by atoms with Crippen LogP contribution in [0.15, 0.2) is 36.8 Å². The van der Waals surface area contributed by atoms with Gasteiger partial charge in [0.15, 0.2) is 0 Å². The van der Waals surface area contributed by atoms with Crippen molar-refractivity contribution < 1.29 is 39.3 Å². The topological polar surface area (TPSA) is 263 Å². The van der Waals surface area contributed by atoms with Gasteiger partial charge in [0.1, 0.15) is 23.9 Å². The zero-order valence-corrected chi connectivity index (χ0v) is 22.4. The summed E-state index contributed by atoms with van der Waals surface area (Å²) in [6, 6.07) is 0.815. The van der Waals surface area contributed by atoms with E-state index in [0.717, 1.165) is 0 Å². The minimum atomic E-state index is -1.37. The van der Waals surface area contributed by atoms with Crippen LogP contribution in [-0.2, 0) is 36.8 Å². The molecule has 1 aromatic carbocycles. The quantitative estimate of drug-likeness (QED) is 0.0949. The predicted octanol–water partition coefficient (Wildman–Crippen LogP) is -1.24. The number of imidazole rings is 1. The molecular formula is C26H37N7O8. The van der Waals surface area contributed by atoms with Crippen LogP contribution >= 0.6 is 0 Å². The molecule has 0 saturated heterocycles. The second-order valence-electron chi connectivity index (χ2n) is 9.50. The number of benzene rings is 1. The van der Waals surface area contributed by atoms with E-state index in [1.165, 1.54) is 36.8 Å². The summed E-state index contributed by atoms with van der Waals surface area (Å²) in [5.74, 6) is -4.88. The number of phenols is 1. The number of aliphatic carboxylic acids is 2. The van der Waals surface area contributed by atoms with Crippen molar-refractivity contribution in [2.24, 2.45) is 11.5 Å². The molecule has 3 amide bonds. The molecule has 15 heteroatoms. The Bertz CT molecular complexity index is 1160. The number of hydrogen-bond acceptors (Lipinski definition) is 9. The highest BCUT2D eigenvalue weighted by Crippen LogP contribution is 2.12. The van der Waals surface area contributed by atoms with Gasteiger partial charge in [-0.2, -0.15) is 0 Å². The molecule has 1 aromatic heterocycles. The molecule has 4 atom stereocenters. The Hall–Kier alpha value is -4.50. The number of carboxylic acid groups (broad SMARTS) is 2. The maximum atomic E-state index is 13.3. The van der Waals surface area contributed by atoms with E-state index in [4.69, 9.17) is 16.6 Å². The average Bonchev–Trinajstić information content (AvgIpc) is 3.44. The van der Waals surface area contributed by atoms with Gasteiger partial charge >= 0.3 is 11.9 Å². The summed E-state index contributed by atoms with van der Waals surface area (Å²) in [6.07, 6.45) is 3.37. The third-order valence-corrected chi connectivity index (χ3v) is 6.19. The monoisotopic (exact) mass is 575 g/mol. The summed E-state index contributed by atoms with van der Waals surface area (Å²) < 4.78 is 0. The number of carboxylic acids is 2. The molecule has 0 fully saturated rings. The normalized spacial score (nSPS) is 13.8. The lowest BCUT2D eigenvalue weighted by Gasteiger charge is -2.25. The van der Waals surface area contributed by atoms with Gasteiger partial charge in [0.2, 0.25) is 17.7 Å². The summed E-state index contributed by atoms with van der Waals surface area (Å²) in [5.41, 5.74) is 12.3. The molecule has 0 saturated carbocycles. The van der Waals surface area contributed by atoms with Crippen molar-refractivity contribution in [2.75, 3.05) is 6.54 Å². The Morgan fingerprint density at radius 3 is 2.07 bits per heavy atom. The SMILES string of the molecule is NCCCCC(N)C(=O)NC(CCC(=O)O)C(=O)NC(Cc1cnc[nH]1)C(=O)NC(Cc1ccc(O)cc1)C(=O)O. The van der Waals surface area contributed by atoms with Gasteiger partial charge in [0, 0.05) is 31.2 Å². The molecule has 2 rings (SSSR count). The number of aromatic hydroxyl groups is 1. The van der Waals surface area contributed by atoms with Crippen LogP contribution in [0.1, 0.15) is 43.4 Å². The summed E-state index contributed by atoms with van der Waals surface area (Å²) >= 11 is 0. The van der Waals surface area contributed by atoms with Crippen molar-refractivity contribution in [1.82, 2.24) is 25.9 Å². The van der Waals surface area contributed by atoms with Gasteiger partial charge in [0.25, 0.3) is 0 Å². The number of nitrogens with one attached hydrogen (secondary N) is 4. The molecule has 41 heavy (non-hydrogen) atoms. The fraction of sp³-hybridized carbons (Fsp3) is 0.462. The van der Waals surface area contributed by atoms with E-state index < -0.39 is 60.2 Å². The van der Waals surface area contributed by atoms with E-state index in [1.807, 2.05) is 0 Å². The highest BCUT2D eigenvalue weighted by atomic mass is 16.4. The second kappa shape index (κ2) is 16.6. The summed E-state index contributed by atoms with van der Waals surface area (Å²) in [5, 5.41) is 35.7. The lowest BCUT2D eigenvalue weighted by Crippen LogP contribution is -2.58. The Labute approximate surface area is 236 Å². The van der Waals surface area contributed by atoms with Crippen LogP contribution in [0.5, 0.6) is 5.75 Å². The van der Waals surface area contributed by atoms with Crippen molar-refractivity contribution in [3.05, 3.63) is 48.0 Å². The first kappa shape index (κ1) is 32.7. The number of phenolic OH excluding ortho intramolecular Hbond substituents is 1. The molecule has 0 radical (unpaired) electrons. The molecule has 1 heterocycles. The number of H-pyrrole nitrogens is 1. The van der Waals surface area contributed by atoms with Crippen molar-refractivity contribution in [1.29, 1.82) is 0 Å². The van der Waals surface area contributed by atoms with Crippen LogP contribution in [0.3, 0.4) is 0 Å². The Morgan fingerprint density at radius 1 is 0.854 bits per heavy atom. The van der Waals surface area contributed by atoms with Gasteiger partial charge in [0.05, 0.1) is 12.4 Å². The highest BCUT2D eigenvalue weighted by Gasteiger charge is 2.31. The lowest BCUT2D eigenvalue weighted by molar-refractivity contribution is -0.142. The molecule has 4 unspecified atom stereocenters. The van der Waals surface area contributed by atoms with Crippen molar-refractivity contribution in [3.8, 4) is 5.75 Å². The first-order chi connectivity index (χ1) is 19.5. The maximum absolute atomic E-state index is 13.3. The third kappa shape index (κ3) is 11.6. The molecular weight excluding hydrogens is 538 g/mol. The van der Waals surface area contributed by atoms with Gasteiger partial charge < -0.3 is 47.7 Å². The molecule has 0 spiro atoms. The highest BCUT2D eigenvalue weighted by molar-refractivity contribution is 5.94. The van der Waals surface area contributed by atoms with E-state index in [1.54, 1.807) is 0 Å². The molecule has 2 aromatic rings. The molecule has 0 bridgehead atoms. The second-order valence-corrected chi connectivity index (χ2v) is 9.50. The Morgan fingerprint density at radius 2 is 1.49 bits per heavy atom. The Balaban J connectivity index is 2.19. The van der Waals surface area contributed by atoms with Crippen LogP contribution in [0.4, 0.5) is 0 Å². The zero-order chi connectivity index (χ0) is 30.4. The number of carbonyl (C=O) groups is 5. The number of unbranched alkanes of at least 4 members (excludes halogenated alkanes) is 1. The molecule has 0 aliphatic rings. The molecule has 11 N–H and O–H groups in total. The van der Waals surface area contributed by atoms with E-state index in [9.17, 15) is 34.2 Å². The number of rotatable bonds is 18. The maximum Gasteiger partial charge on any atom is 0.326 e. The number of aromatic amines is 1. The first-order valence-electron chi connectivity index (χ1n) is 13.1. The van der Waals surface area contributed by atoms with Crippen LogP contribution in [-0.4, -0.2) is 85.7 Å². The Kier molecular flexibility index (Phi) is 13.2. The van der Waals surface area contributed by atoms with Crippen molar-refractivity contribution in [2.45, 2.75) is 69.1 Å². The van der Waals surface area contributed by atoms with Crippen LogP contribution in [0.25, 0.3) is 0 Å². The van der Waals surface area contributed by atoms with E-state index >= 15 is 0 Å². The zero-order valence-electron chi connectivity index (χ0n) is 22.4. The largest absolute Gasteiger partial charge is 0.508 e. The number of hydrogen-bond donors (Lipinski definition) is 9. The number of nitrogens with two attached hydrogens (primary N) is 2. The molecule has 0 aliphatic carbocycles. The number of aromatic nitrogens is 2. The smallest absolute Gasteiger partial charge is 0.326 e. The summed E-state index contributed by atoms with van der Waals surface area (Å²) in [7, 11) is 0. The molecule has 224 valence electrons. The van der Waals surface area contributed by atoms with E-state index in [2.05, 4.69) is 25.9 Å². The first-order valence-corrected chi connectivity index (χ1v) is 13.1. The van der Waals surface area contributed by atoms with Gasteiger partial charge in [-0.1, -0.05) is 18.6 Å². The minimum absolute atomic E-state index is 0.00643. The van der Waals surface area contributed by atoms with Crippen molar-refractivity contribution >= 4 is 29.7 Å². The molecule has 0 aliphatic heterocycles. The van der Waals surface area contributed by atoms with Crippen LogP contribution < -0.4 is 27.4 Å². The van der Waals surface area contributed by atoms with Crippen molar-refractivity contribution in [3.63, 3.8) is 0 Å². The summed E-state index contributed by atoms with van der Waals surface area (Å²) in [6.45, 7) is 0.426. The van der Waals surface area contributed by atoms with Gasteiger partial charge in [-0.25, -0.2) is 9.78 Å². The van der Waals surface area contributed by atoms with Gasteiger partial charge in [-0.15, -0.1) is 0 Å². The van der Waals surface area contributed by atoms with Crippen LogP contribution in [0.2, 0.25) is 0 Å². The third-order valence-electron chi connectivity index (χ3n) is 6.19. The fourth-order valence-electron chi connectivity index (χ4n) is 3.89. The van der Waals surface area contributed by atoms with E-state index in [0.29, 0.717) is 37.1 Å². The van der Waals surface area contributed by atoms with Gasteiger partial charge in [-0.3, -0.25) is 19.2 Å².